The lowest BCUT2D eigenvalue weighted by atomic mass is 9.88. The average molecular weight is 290 g/mol. The number of nitrogens with one attached hydrogen (secondary N) is 1. The molecule has 0 aromatic carbocycles. The van der Waals surface area contributed by atoms with E-state index in [4.69, 9.17) is 4.42 Å². The minimum absolute atomic E-state index is 0.841. The van der Waals surface area contributed by atoms with Crippen molar-refractivity contribution in [2.45, 2.75) is 52.6 Å². The van der Waals surface area contributed by atoms with Crippen molar-refractivity contribution in [3.05, 3.63) is 23.2 Å². The van der Waals surface area contributed by atoms with E-state index in [9.17, 15) is 0 Å². The molecular formula is C18H30N2O. The Balaban J connectivity index is 1.52. The number of fused-ring (bicyclic) bond motifs is 2. The van der Waals surface area contributed by atoms with Crippen LogP contribution in [-0.4, -0.2) is 25.0 Å². The summed E-state index contributed by atoms with van der Waals surface area (Å²) in [7, 11) is 2.27. The van der Waals surface area contributed by atoms with Crippen molar-refractivity contribution in [2.24, 2.45) is 17.8 Å². The van der Waals surface area contributed by atoms with Gasteiger partial charge in [-0.05, 0) is 63.6 Å². The number of hydrogen-bond acceptors (Lipinski definition) is 3. The number of rotatable bonds is 7. The van der Waals surface area contributed by atoms with Crippen LogP contribution in [0.25, 0.3) is 0 Å². The van der Waals surface area contributed by atoms with Crippen molar-refractivity contribution in [3.8, 4) is 0 Å². The van der Waals surface area contributed by atoms with Gasteiger partial charge in [-0.1, -0.05) is 13.3 Å². The number of furan rings is 1. The third-order valence-corrected chi connectivity index (χ3v) is 5.49. The maximum atomic E-state index is 5.85. The van der Waals surface area contributed by atoms with Gasteiger partial charge >= 0.3 is 0 Å². The van der Waals surface area contributed by atoms with Crippen molar-refractivity contribution < 1.29 is 4.42 Å². The molecule has 1 aromatic rings. The Morgan fingerprint density at radius 2 is 2.19 bits per heavy atom. The Labute approximate surface area is 129 Å². The fraction of sp³-hybridized carbons (Fsp3) is 0.778. The molecule has 0 radical (unpaired) electrons. The molecule has 0 saturated heterocycles. The molecule has 1 aromatic heterocycles. The minimum Gasteiger partial charge on any atom is -0.465 e. The van der Waals surface area contributed by atoms with Crippen LogP contribution < -0.4 is 5.32 Å². The molecule has 1 heterocycles. The van der Waals surface area contributed by atoms with E-state index < -0.39 is 0 Å². The van der Waals surface area contributed by atoms with E-state index >= 15 is 0 Å². The quantitative estimate of drug-likeness (QED) is 0.832. The molecule has 0 amide bonds. The molecule has 1 N–H and O–H groups in total. The highest BCUT2D eigenvalue weighted by molar-refractivity contribution is 5.20. The zero-order valence-corrected chi connectivity index (χ0v) is 13.8. The highest BCUT2D eigenvalue weighted by Gasteiger charge is 2.39. The molecule has 3 nitrogen and oxygen atoms in total. The minimum atomic E-state index is 0.841. The molecule has 3 rings (SSSR count). The lowest BCUT2D eigenvalue weighted by Crippen LogP contribution is -2.28. The van der Waals surface area contributed by atoms with E-state index in [-0.39, 0.29) is 0 Å². The van der Waals surface area contributed by atoms with Gasteiger partial charge in [0.05, 0.1) is 6.54 Å². The summed E-state index contributed by atoms with van der Waals surface area (Å²) in [4.78, 5) is 2.50. The number of nitrogens with zero attached hydrogens (tertiary/aromatic N) is 1. The second-order valence-electron chi connectivity index (χ2n) is 7.21. The first kappa shape index (κ1) is 15.1. The van der Waals surface area contributed by atoms with Crippen LogP contribution in [0.2, 0.25) is 0 Å². The topological polar surface area (TPSA) is 28.4 Å². The normalized spacial score (nSPS) is 27.9. The average Bonchev–Trinajstić information content (AvgIpc) is 3.13. The monoisotopic (exact) mass is 290 g/mol. The molecule has 0 spiro atoms. The van der Waals surface area contributed by atoms with Crippen LogP contribution in [0.5, 0.6) is 0 Å². The summed E-state index contributed by atoms with van der Waals surface area (Å²) in [6.07, 6.45) is 5.97. The van der Waals surface area contributed by atoms with Gasteiger partial charge in [0.2, 0.25) is 0 Å². The molecule has 118 valence electrons. The Kier molecular flexibility index (Phi) is 4.70. The number of aryl methyl sites for hydroxylation is 1. The summed E-state index contributed by atoms with van der Waals surface area (Å²) in [5.41, 5.74) is 1.36. The number of hydrogen-bond donors (Lipinski definition) is 1. The first-order chi connectivity index (χ1) is 10.2. The zero-order valence-electron chi connectivity index (χ0n) is 13.8. The summed E-state index contributed by atoms with van der Waals surface area (Å²) in [6, 6.07) is 2.23. The van der Waals surface area contributed by atoms with Crippen LogP contribution in [0.3, 0.4) is 0 Å². The van der Waals surface area contributed by atoms with Gasteiger partial charge < -0.3 is 14.6 Å². The maximum Gasteiger partial charge on any atom is 0.118 e. The van der Waals surface area contributed by atoms with Gasteiger partial charge in [0, 0.05) is 18.7 Å². The van der Waals surface area contributed by atoms with Gasteiger partial charge in [-0.2, -0.15) is 0 Å². The van der Waals surface area contributed by atoms with E-state index in [0.29, 0.717) is 0 Å². The van der Waals surface area contributed by atoms with E-state index in [2.05, 4.69) is 37.2 Å². The molecule has 2 aliphatic rings. The van der Waals surface area contributed by atoms with Crippen LogP contribution in [0.1, 0.15) is 49.7 Å². The van der Waals surface area contributed by atoms with E-state index in [1.807, 2.05) is 0 Å². The second-order valence-corrected chi connectivity index (χ2v) is 7.21. The third-order valence-electron chi connectivity index (χ3n) is 5.49. The van der Waals surface area contributed by atoms with Crippen LogP contribution >= 0.6 is 0 Å². The lowest BCUT2D eigenvalue weighted by molar-refractivity contribution is 0.214. The van der Waals surface area contributed by atoms with Gasteiger partial charge in [-0.25, -0.2) is 0 Å². The van der Waals surface area contributed by atoms with E-state index in [1.165, 1.54) is 37.8 Å². The van der Waals surface area contributed by atoms with Crippen LogP contribution in [-0.2, 0) is 13.1 Å². The van der Waals surface area contributed by atoms with E-state index in [0.717, 1.165) is 48.9 Å². The highest BCUT2D eigenvalue weighted by Crippen LogP contribution is 2.48. The molecule has 2 bridgehead atoms. The van der Waals surface area contributed by atoms with Crippen molar-refractivity contribution in [1.82, 2.24) is 10.2 Å². The maximum absolute atomic E-state index is 5.85. The molecule has 3 unspecified atom stereocenters. The van der Waals surface area contributed by atoms with Crippen LogP contribution in [0.4, 0.5) is 0 Å². The first-order valence-electron chi connectivity index (χ1n) is 8.63. The Morgan fingerprint density at radius 3 is 2.86 bits per heavy atom. The molecule has 2 aliphatic carbocycles. The van der Waals surface area contributed by atoms with Crippen molar-refractivity contribution in [3.63, 3.8) is 0 Å². The van der Waals surface area contributed by atoms with Gasteiger partial charge in [0.1, 0.15) is 11.5 Å². The highest BCUT2D eigenvalue weighted by atomic mass is 16.3. The van der Waals surface area contributed by atoms with Crippen LogP contribution in [0, 0.1) is 24.7 Å². The summed E-state index contributed by atoms with van der Waals surface area (Å²) in [5, 5.41) is 3.33. The van der Waals surface area contributed by atoms with E-state index in [1.54, 1.807) is 0 Å². The molecule has 2 fully saturated rings. The summed E-state index contributed by atoms with van der Waals surface area (Å²) >= 11 is 0. The Bertz CT molecular complexity index is 468. The summed E-state index contributed by atoms with van der Waals surface area (Å²) < 4.78 is 5.85. The Hall–Kier alpha value is -0.800. The van der Waals surface area contributed by atoms with Gasteiger partial charge in [0.25, 0.3) is 0 Å². The van der Waals surface area contributed by atoms with Gasteiger partial charge in [-0.3, -0.25) is 0 Å². The van der Waals surface area contributed by atoms with Crippen molar-refractivity contribution >= 4 is 0 Å². The zero-order chi connectivity index (χ0) is 14.8. The SMILES string of the molecule is CCNCc1cc(CN(C)CC2CC3CCC2C3)c(C)o1. The lowest BCUT2D eigenvalue weighted by Gasteiger charge is -2.27. The smallest absolute Gasteiger partial charge is 0.118 e. The van der Waals surface area contributed by atoms with Gasteiger partial charge in [-0.15, -0.1) is 0 Å². The van der Waals surface area contributed by atoms with Crippen molar-refractivity contribution in [2.75, 3.05) is 20.1 Å². The first-order valence-corrected chi connectivity index (χ1v) is 8.63. The molecule has 3 heteroatoms. The fourth-order valence-electron chi connectivity index (χ4n) is 4.44. The standard InChI is InChI=1S/C18H30N2O/c1-4-19-10-18-9-16(13(2)21-18)11-20(3)12-17-8-14-5-6-15(17)7-14/h9,14-15,17,19H,4-8,10-12H2,1-3H3. The predicted molar refractivity (Wildman–Crippen MR) is 86.1 cm³/mol. The molecule has 2 saturated carbocycles. The fourth-order valence-corrected chi connectivity index (χ4v) is 4.44. The van der Waals surface area contributed by atoms with Crippen molar-refractivity contribution in [1.29, 1.82) is 0 Å². The molecule has 21 heavy (non-hydrogen) atoms. The Morgan fingerprint density at radius 1 is 1.33 bits per heavy atom. The van der Waals surface area contributed by atoms with Gasteiger partial charge in [0.15, 0.2) is 0 Å². The second kappa shape index (κ2) is 6.53. The largest absolute Gasteiger partial charge is 0.465 e. The third kappa shape index (κ3) is 3.51. The van der Waals surface area contributed by atoms with Crippen LogP contribution in [0.15, 0.2) is 10.5 Å². The molecule has 3 atom stereocenters. The summed E-state index contributed by atoms with van der Waals surface area (Å²) in [5.74, 6) is 5.17. The predicted octanol–water partition coefficient (Wildman–Crippen LogP) is 3.57. The molecule has 0 aliphatic heterocycles. The summed E-state index contributed by atoms with van der Waals surface area (Å²) in [6.45, 7) is 8.33. The molecular weight excluding hydrogens is 260 g/mol.